The molecular formula is C15H25NO3. The van der Waals surface area contributed by atoms with Crippen LogP contribution in [0.3, 0.4) is 0 Å². The van der Waals surface area contributed by atoms with E-state index in [1.54, 1.807) is 14.2 Å². The molecule has 0 radical (unpaired) electrons. The maximum atomic E-state index is 9.52. The van der Waals surface area contributed by atoms with Crippen LogP contribution in [-0.2, 0) is 0 Å². The second-order valence-electron chi connectivity index (χ2n) is 4.63. The Labute approximate surface area is 115 Å². The van der Waals surface area contributed by atoms with Crippen LogP contribution < -0.4 is 14.8 Å². The first-order valence-corrected chi connectivity index (χ1v) is 6.64. The summed E-state index contributed by atoms with van der Waals surface area (Å²) in [7, 11) is 5.22. The van der Waals surface area contributed by atoms with E-state index in [-0.39, 0.29) is 18.6 Å². The topological polar surface area (TPSA) is 50.7 Å². The van der Waals surface area contributed by atoms with Crippen molar-refractivity contribution >= 4 is 0 Å². The number of ether oxygens (including phenoxy) is 2. The Morgan fingerprint density at radius 3 is 2.37 bits per heavy atom. The van der Waals surface area contributed by atoms with Crippen LogP contribution in [0.2, 0.25) is 0 Å². The molecule has 0 aliphatic heterocycles. The van der Waals surface area contributed by atoms with Crippen LogP contribution in [0.5, 0.6) is 11.5 Å². The van der Waals surface area contributed by atoms with E-state index in [4.69, 9.17) is 9.47 Å². The summed E-state index contributed by atoms with van der Waals surface area (Å²) in [6.45, 7) is 4.21. The average Bonchev–Trinajstić information content (AvgIpc) is 2.44. The normalized spacial score (nSPS) is 14.0. The molecule has 0 saturated heterocycles. The third kappa shape index (κ3) is 3.19. The number of rotatable bonds is 7. The summed E-state index contributed by atoms with van der Waals surface area (Å²) < 4.78 is 10.9. The quantitative estimate of drug-likeness (QED) is 0.796. The monoisotopic (exact) mass is 267 g/mol. The first-order chi connectivity index (χ1) is 9.14. The van der Waals surface area contributed by atoms with Gasteiger partial charge in [0, 0.05) is 29.7 Å². The lowest BCUT2D eigenvalue weighted by atomic mass is 9.90. The van der Waals surface area contributed by atoms with Gasteiger partial charge in [0.25, 0.3) is 0 Å². The van der Waals surface area contributed by atoms with Crippen molar-refractivity contribution in [2.75, 3.05) is 27.9 Å². The minimum absolute atomic E-state index is 0.0644. The second-order valence-corrected chi connectivity index (χ2v) is 4.63. The SMILES string of the molecule is CCC(CO)C(NC)c1ccc(OC)c(C)c1OC. The third-order valence-corrected chi connectivity index (χ3v) is 3.69. The van der Waals surface area contributed by atoms with Crippen molar-refractivity contribution in [1.29, 1.82) is 0 Å². The van der Waals surface area contributed by atoms with Crippen molar-refractivity contribution in [3.8, 4) is 11.5 Å². The average molecular weight is 267 g/mol. The Balaban J connectivity index is 3.27. The fourth-order valence-electron chi connectivity index (χ4n) is 2.55. The maximum Gasteiger partial charge on any atom is 0.130 e. The van der Waals surface area contributed by atoms with Gasteiger partial charge in [-0.3, -0.25) is 0 Å². The molecule has 0 spiro atoms. The van der Waals surface area contributed by atoms with Crippen molar-refractivity contribution < 1.29 is 14.6 Å². The van der Waals surface area contributed by atoms with E-state index in [0.717, 1.165) is 29.0 Å². The number of hydrogen-bond acceptors (Lipinski definition) is 4. The van der Waals surface area contributed by atoms with E-state index in [1.807, 2.05) is 26.1 Å². The van der Waals surface area contributed by atoms with Crippen molar-refractivity contribution in [3.05, 3.63) is 23.3 Å². The summed E-state index contributed by atoms with van der Waals surface area (Å²) >= 11 is 0. The molecule has 0 amide bonds. The molecule has 4 nitrogen and oxygen atoms in total. The predicted octanol–water partition coefficient (Wildman–Crippen LogP) is 2.29. The van der Waals surface area contributed by atoms with Gasteiger partial charge < -0.3 is 19.9 Å². The van der Waals surface area contributed by atoms with Crippen molar-refractivity contribution in [2.24, 2.45) is 5.92 Å². The molecular weight excluding hydrogens is 242 g/mol. The second kappa shape index (κ2) is 7.36. The van der Waals surface area contributed by atoms with Crippen molar-refractivity contribution in [2.45, 2.75) is 26.3 Å². The molecule has 0 saturated carbocycles. The number of hydrogen-bond donors (Lipinski definition) is 2. The molecule has 2 atom stereocenters. The summed E-state index contributed by atoms with van der Waals surface area (Å²) in [6.07, 6.45) is 0.899. The number of benzene rings is 1. The lowest BCUT2D eigenvalue weighted by Gasteiger charge is -2.27. The zero-order chi connectivity index (χ0) is 14.4. The first kappa shape index (κ1) is 15.8. The molecule has 0 aliphatic rings. The van der Waals surface area contributed by atoms with Crippen LogP contribution in [0.25, 0.3) is 0 Å². The molecule has 108 valence electrons. The molecule has 1 rings (SSSR count). The van der Waals surface area contributed by atoms with Crippen LogP contribution in [0.4, 0.5) is 0 Å². The highest BCUT2D eigenvalue weighted by Crippen LogP contribution is 2.37. The van der Waals surface area contributed by atoms with Crippen molar-refractivity contribution in [3.63, 3.8) is 0 Å². The largest absolute Gasteiger partial charge is 0.496 e. The van der Waals surface area contributed by atoms with Gasteiger partial charge in [0.15, 0.2) is 0 Å². The Kier molecular flexibility index (Phi) is 6.12. The molecule has 0 fully saturated rings. The van der Waals surface area contributed by atoms with Crippen molar-refractivity contribution in [1.82, 2.24) is 5.32 Å². The first-order valence-electron chi connectivity index (χ1n) is 6.64. The highest BCUT2D eigenvalue weighted by atomic mass is 16.5. The maximum absolute atomic E-state index is 9.52. The molecule has 1 aromatic carbocycles. The zero-order valence-corrected chi connectivity index (χ0v) is 12.5. The van der Waals surface area contributed by atoms with Gasteiger partial charge in [-0.05, 0) is 26.5 Å². The molecule has 0 aliphatic carbocycles. The lowest BCUT2D eigenvalue weighted by molar-refractivity contribution is 0.187. The van der Waals surface area contributed by atoms with Gasteiger partial charge in [-0.15, -0.1) is 0 Å². The summed E-state index contributed by atoms with van der Waals surface area (Å²) in [5, 5.41) is 12.8. The summed E-state index contributed by atoms with van der Waals surface area (Å²) in [4.78, 5) is 0. The molecule has 19 heavy (non-hydrogen) atoms. The van der Waals surface area contributed by atoms with Gasteiger partial charge in [0.1, 0.15) is 11.5 Å². The van der Waals surface area contributed by atoms with Crippen LogP contribution >= 0.6 is 0 Å². The predicted molar refractivity (Wildman–Crippen MR) is 77.0 cm³/mol. The fraction of sp³-hybridized carbons (Fsp3) is 0.600. The van der Waals surface area contributed by atoms with Gasteiger partial charge in [-0.2, -0.15) is 0 Å². The van der Waals surface area contributed by atoms with E-state index in [1.165, 1.54) is 0 Å². The van der Waals surface area contributed by atoms with E-state index >= 15 is 0 Å². The lowest BCUT2D eigenvalue weighted by Crippen LogP contribution is -2.28. The minimum Gasteiger partial charge on any atom is -0.496 e. The molecule has 4 heteroatoms. The molecule has 0 bridgehead atoms. The van der Waals surface area contributed by atoms with E-state index in [0.29, 0.717) is 0 Å². The number of aliphatic hydroxyl groups excluding tert-OH is 1. The van der Waals surface area contributed by atoms with Gasteiger partial charge in [-0.1, -0.05) is 13.0 Å². The standard InChI is InChI=1S/C15H25NO3/c1-6-11(9-17)14(16-3)12-7-8-13(18-4)10(2)15(12)19-5/h7-8,11,14,16-17H,6,9H2,1-5H3. The highest BCUT2D eigenvalue weighted by Gasteiger charge is 2.24. The molecule has 2 unspecified atom stereocenters. The Hall–Kier alpha value is -1.26. The smallest absolute Gasteiger partial charge is 0.130 e. The number of aliphatic hydroxyl groups is 1. The number of methoxy groups -OCH3 is 2. The Bertz CT molecular complexity index is 403. The summed E-state index contributed by atoms with van der Waals surface area (Å²) in [6, 6.07) is 4.01. The third-order valence-electron chi connectivity index (χ3n) is 3.69. The Morgan fingerprint density at radius 2 is 1.95 bits per heavy atom. The summed E-state index contributed by atoms with van der Waals surface area (Å²) in [5.74, 6) is 1.80. The molecule has 0 aromatic heterocycles. The van der Waals surface area contributed by atoms with E-state index < -0.39 is 0 Å². The molecule has 0 heterocycles. The van der Waals surface area contributed by atoms with Crippen LogP contribution in [0, 0.1) is 12.8 Å². The fourth-order valence-corrected chi connectivity index (χ4v) is 2.55. The van der Waals surface area contributed by atoms with E-state index in [9.17, 15) is 5.11 Å². The van der Waals surface area contributed by atoms with Gasteiger partial charge >= 0.3 is 0 Å². The highest BCUT2D eigenvalue weighted by molar-refractivity contribution is 5.50. The summed E-state index contributed by atoms with van der Waals surface area (Å²) in [5.41, 5.74) is 2.04. The zero-order valence-electron chi connectivity index (χ0n) is 12.5. The van der Waals surface area contributed by atoms with Crippen LogP contribution in [-0.4, -0.2) is 33.0 Å². The van der Waals surface area contributed by atoms with Crippen LogP contribution in [0.15, 0.2) is 12.1 Å². The van der Waals surface area contributed by atoms with Gasteiger partial charge in [-0.25, -0.2) is 0 Å². The number of nitrogens with one attached hydrogen (secondary N) is 1. The van der Waals surface area contributed by atoms with E-state index in [2.05, 4.69) is 12.2 Å². The Morgan fingerprint density at radius 1 is 1.26 bits per heavy atom. The molecule has 1 aromatic rings. The van der Waals surface area contributed by atoms with Gasteiger partial charge in [0.05, 0.1) is 14.2 Å². The van der Waals surface area contributed by atoms with Gasteiger partial charge in [0.2, 0.25) is 0 Å². The molecule has 2 N–H and O–H groups in total. The minimum atomic E-state index is 0.0644. The van der Waals surface area contributed by atoms with Crippen LogP contribution in [0.1, 0.15) is 30.5 Å².